The van der Waals surface area contributed by atoms with Crippen molar-refractivity contribution in [3.05, 3.63) is 108 Å². The van der Waals surface area contributed by atoms with Crippen LogP contribution >= 0.6 is 0 Å². The van der Waals surface area contributed by atoms with E-state index in [9.17, 15) is 19.5 Å². The molecule has 2 atom stereocenters. The molecule has 3 amide bonds. The van der Waals surface area contributed by atoms with Gasteiger partial charge in [-0.2, -0.15) is 0 Å². The number of anilines is 1. The molecule has 0 aliphatic rings. The van der Waals surface area contributed by atoms with Gasteiger partial charge in [0.05, 0.1) is 0 Å². The van der Waals surface area contributed by atoms with E-state index in [1.807, 2.05) is 87.5 Å². The SMILES string of the molecule is Cc1ccccc1C(C(=O)Nc1ccc2ccccc2c1)N(C(=O)C(Cc1ccc(O)cc1)NC(=O)OC(C)(C)C)C(C)C. The summed E-state index contributed by atoms with van der Waals surface area (Å²) >= 11 is 0. The van der Waals surface area contributed by atoms with Crippen LogP contribution in [0, 0.1) is 6.92 Å². The van der Waals surface area contributed by atoms with Crippen LogP contribution in [-0.2, 0) is 20.7 Å². The third-order valence-corrected chi connectivity index (χ3v) is 7.20. The van der Waals surface area contributed by atoms with Crippen LogP contribution in [0.2, 0.25) is 0 Å². The summed E-state index contributed by atoms with van der Waals surface area (Å²) in [6.07, 6.45) is -0.625. The van der Waals surface area contributed by atoms with E-state index < -0.39 is 35.7 Å². The van der Waals surface area contributed by atoms with E-state index in [0.717, 1.165) is 16.3 Å². The Kier molecular flexibility index (Phi) is 9.94. The Morgan fingerprint density at radius 3 is 2.14 bits per heavy atom. The number of amides is 3. The molecule has 0 heterocycles. The Bertz CT molecular complexity index is 1630. The Morgan fingerprint density at radius 2 is 1.50 bits per heavy atom. The van der Waals surface area contributed by atoms with Crippen LogP contribution in [0.4, 0.5) is 10.5 Å². The van der Waals surface area contributed by atoms with Crippen LogP contribution in [0.1, 0.15) is 57.4 Å². The van der Waals surface area contributed by atoms with Gasteiger partial charge in [-0.25, -0.2) is 4.79 Å². The zero-order chi connectivity index (χ0) is 32.0. The molecule has 0 aliphatic carbocycles. The number of fused-ring (bicyclic) bond motifs is 1. The van der Waals surface area contributed by atoms with Gasteiger partial charge in [-0.15, -0.1) is 0 Å². The molecule has 8 nitrogen and oxygen atoms in total. The first-order valence-corrected chi connectivity index (χ1v) is 14.8. The number of alkyl carbamates (subject to hydrolysis) is 1. The smallest absolute Gasteiger partial charge is 0.408 e. The molecule has 8 heteroatoms. The largest absolute Gasteiger partial charge is 0.508 e. The summed E-state index contributed by atoms with van der Waals surface area (Å²) in [5, 5.41) is 17.6. The monoisotopic (exact) mass is 595 g/mol. The number of carbonyl (C=O) groups excluding carboxylic acids is 3. The van der Waals surface area contributed by atoms with E-state index in [1.165, 1.54) is 17.0 Å². The fourth-order valence-corrected chi connectivity index (χ4v) is 5.17. The highest BCUT2D eigenvalue weighted by Gasteiger charge is 2.38. The lowest BCUT2D eigenvalue weighted by atomic mass is 9.95. The molecule has 3 N–H and O–H groups in total. The lowest BCUT2D eigenvalue weighted by Gasteiger charge is -2.37. The minimum absolute atomic E-state index is 0.0884. The molecule has 0 saturated carbocycles. The number of aromatic hydroxyl groups is 1. The predicted octanol–water partition coefficient (Wildman–Crippen LogP) is 6.91. The maximum atomic E-state index is 14.5. The van der Waals surface area contributed by atoms with Crippen molar-refractivity contribution >= 4 is 34.4 Å². The van der Waals surface area contributed by atoms with Crippen LogP contribution in [0.3, 0.4) is 0 Å². The predicted molar refractivity (Wildman–Crippen MR) is 173 cm³/mol. The quantitative estimate of drug-likeness (QED) is 0.195. The van der Waals surface area contributed by atoms with Crippen molar-refractivity contribution in [2.75, 3.05) is 5.32 Å². The second-order valence-corrected chi connectivity index (χ2v) is 12.2. The lowest BCUT2D eigenvalue weighted by molar-refractivity contribution is -0.142. The molecule has 2 unspecified atom stereocenters. The van der Waals surface area contributed by atoms with Crippen LogP contribution in [0.15, 0.2) is 91.0 Å². The van der Waals surface area contributed by atoms with Gasteiger partial charge in [0, 0.05) is 18.2 Å². The number of phenolic OH excluding ortho intramolecular Hbond substituents is 1. The molecule has 0 bridgehead atoms. The second kappa shape index (κ2) is 13.6. The molecule has 0 aliphatic heterocycles. The maximum absolute atomic E-state index is 14.5. The van der Waals surface area contributed by atoms with Crippen molar-refractivity contribution < 1.29 is 24.2 Å². The molecule has 0 aromatic heterocycles. The Balaban J connectivity index is 1.74. The van der Waals surface area contributed by atoms with E-state index >= 15 is 0 Å². The fraction of sp³-hybridized carbons (Fsp3) is 0.306. The number of aryl methyl sites for hydroxylation is 1. The molecule has 44 heavy (non-hydrogen) atoms. The number of nitrogens with one attached hydrogen (secondary N) is 2. The highest BCUT2D eigenvalue weighted by atomic mass is 16.6. The molecule has 4 rings (SSSR count). The summed E-state index contributed by atoms with van der Waals surface area (Å²) < 4.78 is 5.50. The van der Waals surface area contributed by atoms with Gasteiger partial charge in [0.15, 0.2) is 0 Å². The van der Waals surface area contributed by atoms with E-state index in [2.05, 4.69) is 10.6 Å². The standard InChI is InChI=1S/C36H41N3O5/c1-23(2)39(34(42)31(38-35(43)44-36(4,5)6)21-25-15-19-29(40)20-16-25)32(30-14-10-7-11-24(30)3)33(41)37-28-18-17-26-12-8-9-13-27(26)22-28/h7-20,22-23,31-32,40H,21H2,1-6H3,(H,37,41)(H,38,43). The average molecular weight is 596 g/mol. The van der Waals surface area contributed by atoms with E-state index in [1.54, 1.807) is 32.9 Å². The maximum Gasteiger partial charge on any atom is 0.408 e. The van der Waals surface area contributed by atoms with Crippen molar-refractivity contribution in [2.24, 2.45) is 0 Å². The average Bonchev–Trinajstić information content (AvgIpc) is 2.95. The second-order valence-electron chi connectivity index (χ2n) is 12.2. The van der Waals surface area contributed by atoms with Gasteiger partial charge in [-0.3, -0.25) is 9.59 Å². The highest BCUT2D eigenvalue weighted by molar-refractivity contribution is 6.00. The normalized spacial score (nSPS) is 12.8. The number of phenols is 1. The summed E-state index contributed by atoms with van der Waals surface area (Å²) in [5.74, 6) is -0.733. The summed E-state index contributed by atoms with van der Waals surface area (Å²) in [5.41, 5.74) is 2.07. The molecule has 4 aromatic rings. The lowest BCUT2D eigenvalue weighted by Crippen LogP contribution is -2.55. The topological polar surface area (TPSA) is 108 Å². The number of benzene rings is 4. The van der Waals surface area contributed by atoms with Crippen molar-refractivity contribution in [1.29, 1.82) is 0 Å². The molecule has 0 radical (unpaired) electrons. The Hall–Kier alpha value is -4.85. The number of hydrogen-bond donors (Lipinski definition) is 3. The molecule has 0 spiro atoms. The zero-order valence-corrected chi connectivity index (χ0v) is 26.1. The number of ether oxygens (including phenoxy) is 1. The highest BCUT2D eigenvalue weighted by Crippen LogP contribution is 2.30. The summed E-state index contributed by atoms with van der Waals surface area (Å²) in [6.45, 7) is 10.8. The summed E-state index contributed by atoms with van der Waals surface area (Å²) in [7, 11) is 0. The molecular weight excluding hydrogens is 554 g/mol. The minimum Gasteiger partial charge on any atom is -0.508 e. The molecule has 4 aromatic carbocycles. The van der Waals surface area contributed by atoms with Gasteiger partial charge in [0.2, 0.25) is 5.91 Å². The molecular formula is C36H41N3O5. The van der Waals surface area contributed by atoms with E-state index in [-0.39, 0.29) is 18.1 Å². The number of carbonyl (C=O) groups is 3. The van der Waals surface area contributed by atoms with Crippen molar-refractivity contribution in [2.45, 2.75) is 71.7 Å². The third kappa shape index (κ3) is 8.16. The summed E-state index contributed by atoms with van der Waals surface area (Å²) in [6, 6.07) is 25.0. The molecule has 0 saturated heterocycles. The first-order valence-electron chi connectivity index (χ1n) is 14.8. The first kappa shape index (κ1) is 32.1. The Morgan fingerprint density at radius 1 is 0.864 bits per heavy atom. The van der Waals surface area contributed by atoms with Gasteiger partial charge in [-0.05, 0) is 93.3 Å². The van der Waals surface area contributed by atoms with Gasteiger partial charge >= 0.3 is 6.09 Å². The van der Waals surface area contributed by atoms with Crippen LogP contribution < -0.4 is 10.6 Å². The van der Waals surface area contributed by atoms with Gasteiger partial charge in [0.1, 0.15) is 23.4 Å². The van der Waals surface area contributed by atoms with Crippen molar-refractivity contribution in [3.8, 4) is 5.75 Å². The van der Waals surface area contributed by atoms with Gasteiger partial charge in [-0.1, -0.05) is 66.7 Å². The minimum atomic E-state index is -1.06. The van der Waals surface area contributed by atoms with E-state index in [0.29, 0.717) is 16.8 Å². The number of nitrogens with zero attached hydrogens (tertiary/aromatic N) is 1. The number of hydrogen-bond acceptors (Lipinski definition) is 5. The number of rotatable bonds is 9. The van der Waals surface area contributed by atoms with Crippen molar-refractivity contribution in [1.82, 2.24) is 10.2 Å². The van der Waals surface area contributed by atoms with E-state index in [4.69, 9.17) is 4.74 Å². The van der Waals surface area contributed by atoms with Crippen LogP contribution in [0.5, 0.6) is 5.75 Å². The summed E-state index contributed by atoms with van der Waals surface area (Å²) in [4.78, 5) is 43.3. The molecule has 0 fully saturated rings. The molecule has 230 valence electrons. The van der Waals surface area contributed by atoms with Crippen LogP contribution in [-0.4, -0.2) is 45.6 Å². The zero-order valence-electron chi connectivity index (χ0n) is 26.1. The first-order chi connectivity index (χ1) is 20.8. The van der Waals surface area contributed by atoms with Gasteiger partial charge < -0.3 is 25.4 Å². The third-order valence-electron chi connectivity index (χ3n) is 7.20. The van der Waals surface area contributed by atoms with Crippen LogP contribution in [0.25, 0.3) is 10.8 Å². The Labute approximate surface area is 259 Å². The fourth-order valence-electron chi connectivity index (χ4n) is 5.17. The van der Waals surface area contributed by atoms with Crippen molar-refractivity contribution in [3.63, 3.8) is 0 Å². The van der Waals surface area contributed by atoms with Gasteiger partial charge in [0.25, 0.3) is 5.91 Å².